The number of likely N-dealkylation sites (N-methyl/N-ethyl adjacent to an activating group) is 1. The molecule has 0 saturated carbocycles. The van der Waals surface area contributed by atoms with Crippen LogP contribution in [0.2, 0.25) is 5.02 Å². The largest absolute Gasteiger partial charge is 0.365 e. The van der Waals surface area contributed by atoms with E-state index in [0.717, 1.165) is 10.6 Å². The van der Waals surface area contributed by atoms with Crippen molar-refractivity contribution >= 4 is 40.9 Å². The van der Waals surface area contributed by atoms with E-state index in [9.17, 15) is 9.59 Å². The van der Waals surface area contributed by atoms with Crippen LogP contribution in [-0.2, 0) is 9.59 Å². The third-order valence-electron chi connectivity index (χ3n) is 3.10. The van der Waals surface area contributed by atoms with Crippen molar-refractivity contribution in [3.05, 3.63) is 59.6 Å². The van der Waals surface area contributed by atoms with Crippen LogP contribution < -0.4 is 15.8 Å². The first-order valence-corrected chi connectivity index (χ1v) is 8.63. The highest BCUT2D eigenvalue weighted by Gasteiger charge is 2.09. The van der Waals surface area contributed by atoms with Crippen molar-refractivity contribution in [1.29, 1.82) is 0 Å². The van der Waals surface area contributed by atoms with Gasteiger partial charge in [0.2, 0.25) is 5.91 Å². The van der Waals surface area contributed by atoms with Crippen LogP contribution in [0, 0.1) is 0 Å². The Bertz CT molecular complexity index is 680. The van der Waals surface area contributed by atoms with Crippen LogP contribution >= 0.6 is 23.4 Å². The van der Waals surface area contributed by atoms with Gasteiger partial charge in [-0.3, -0.25) is 20.4 Å². The zero-order valence-corrected chi connectivity index (χ0v) is 14.7. The van der Waals surface area contributed by atoms with Crippen molar-refractivity contribution in [1.82, 2.24) is 10.9 Å². The molecule has 0 spiro atoms. The van der Waals surface area contributed by atoms with Gasteiger partial charge in [0.05, 0.1) is 12.3 Å². The minimum Gasteiger partial charge on any atom is -0.365 e. The number of benzene rings is 2. The maximum Gasteiger partial charge on any atom is 0.257 e. The van der Waals surface area contributed by atoms with Crippen molar-refractivity contribution in [3.8, 4) is 0 Å². The molecular weight excluding hydrogens is 346 g/mol. The summed E-state index contributed by atoms with van der Waals surface area (Å²) in [7, 11) is 1.81. The van der Waals surface area contributed by atoms with Crippen molar-refractivity contribution in [2.75, 3.05) is 24.2 Å². The second-order valence-electron chi connectivity index (χ2n) is 5.03. The first kappa shape index (κ1) is 18.2. The maximum absolute atomic E-state index is 11.9. The molecule has 2 aromatic rings. The van der Waals surface area contributed by atoms with Crippen molar-refractivity contribution in [3.63, 3.8) is 0 Å². The standard InChI is InChI=1S/C17H18ClN3O2S/c1-21(14-5-3-2-4-6-14)11-16(22)19-20-17(23)12-24-15-9-7-13(18)8-10-15/h2-10H,11-12H2,1H3,(H,19,22)(H,20,23). The van der Waals surface area contributed by atoms with E-state index in [1.54, 1.807) is 17.0 Å². The van der Waals surface area contributed by atoms with E-state index in [-0.39, 0.29) is 24.1 Å². The molecule has 0 radical (unpaired) electrons. The Morgan fingerprint density at radius 3 is 2.29 bits per heavy atom. The van der Waals surface area contributed by atoms with Gasteiger partial charge in [-0.1, -0.05) is 29.8 Å². The summed E-state index contributed by atoms with van der Waals surface area (Å²) in [4.78, 5) is 26.3. The summed E-state index contributed by atoms with van der Waals surface area (Å²) in [6, 6.07) is 16.8. The molecule has 2 N–H and O–H groups in total. The Labute approximate surface area is 150 Å². The Kier molecular flexibility index (Phi) is 6.96. The third kappa shape index (κ3) is 6.14. The van der Waals surface area contributed by atoms with Gasteiger partial charge in [-0.15, -0.1) is 11.8 Å². The number of hydrazine groups is 1. The van der Waals surface area contributed by atoms with Gasteiger partial charge in [-0.05, 0) is 36.4 Å². The highest BCUT2D eigenvalue weighted by Crippen LogP contribution is 2.19. The van der Waals surface area contributed by atoms with Crippen LogP contribution in [0.4, 0.5) is 5.69 Å². The number of nitrogens with one attached hydrogen (secondary N) is 2. The van der Waals surface area contributed by atoms with Gasteiger partial charge in [-0.2, -0.15) is 0 Å². The number of carbonyl (C=O) groups is 2. The second-order valence-corrected chi connectivity index (χ2v) is 6.52. The van der Waals surface area contributed by atoms with Crippen LogP contribution in [0.1, 0.15) is 0 Å². The van der Waals surface area contributed by atoms with Gasteiger partial charge >= 0.3 is 0 Å². The molecule has 126 valence electrons. The third-order valence-corrected chi connectivity index (χ3v) is 4.37. The lowest BCUT2D eigenvalue weighted by molar-refractivity contribution is -0.126. The summed E-state index contributed by atoms with van der Waals surface area (Å²) in [6.07, 6.45) is 0. The smallest absolute Gasteiger partial charge is 0.257 e. The highest BCUT2D eigenvalue weighted by atomic mass is 35.5. The van der Waals surface area contributed by atoms with E-state index >= 15 is 0 Å². The van der Waals surface area contributed by atoms with Crippen LogP contribution in [0.3, 0.4) is 0 Å². The van der Waals surface area contributed by atoms with Crippen LogP contribution in [0.25, 0.3) is 0 Å². The number of hydrogen-bond acceptors (Lipinski definition) is 4. The quantitative estimate of drug-likeness (QED) is 0.612. The fraction of sp³-hybridized carbons (Fsp3) is 0.176. The van der Waals surface area contributed by atoms with Crippen LogP contribution in [-0.4, -0.2) is 31.2 Å². The van der Waals surface area contributed by atoms with Gasteiger partial charge in [-0.25, -0.2) is 0 Å². The lowest BCUT2D eigenvalue weighted by Crippen LogP contribution is -2.46. The molecule has 0 bridgehead atoms. The number of thioether (sulfide) groups is 1. The molecule has 2 aromatic carbocycles. The molecular formula is C17H18ClN3O2S. The van der Waals surface area contributed by atoms with Gasteiger partial charge < -0.3 is 4.90 Å². The van der Waals surface area contributed by atoms with E-state index < -0.39 is 0 Å². The average Bonchev–Trinajstić information content (AvgIpc) is 2.60. The molecule has 0 aliphatic heterocycles. The molecule has 0 atom stereocenters. The first-order valence-electron chi connectivity index (χ1n) is 7.27. The fourth-order valence-corrected chi connectivity index (χ4v) is 2.71. The molecule has 2 amide bonds. The summed E-state index contributed by atoms with van der Waals surface area (Å²) < 4.78 is 0. The molecule has 0 unspecified atom stereocenters. The number of nitrogens with zero attached hydrogens (tertiary/aromatic N) is 1. The number of rotatable bonds is 6. The zero-order valence-electron chi connectivity index (χ0n) is 13.2. The fourth-order valence-electron chi connectivity index (χ4n) is 1.88. The topological polar surface area (TPSA) is 61.4 Å². The summed E-state index contributed by atoms with van der Waals surface area (Å²) in [5, 5.41) is 0.651. The molecule has 7 heteroatoms. The van der Waals surface area contributed by atoms with Crippen molar-refractivity contribution in [2.45, 2.75) is 4.90 Å². The Hall–Kier alpha value is -2.18. The molecule has 0 heterocycles. The SMILES string of the molecule is CN(CC(=O)NNC(=O)CSc1ccc(Cl)cc1)c1ccccc1. The Morgan fingerprint density at radius 1 is 1.00 bits per heavy atom. The number of halogens is 1. The minimum absolute atomic E-state index is 0.147. The van der Waals surface area contributed by atoms with Crippen molar-refractivity contribution < 1.29 is 9.59 Å². The van der Waals surface area contributed by atoms with E-state index in [2.05, 4.69) is 10.9 Å². The first-order chi connectivity index (χ1) is 11.5. The molecule has 24 heavy (non-hydrogen) atoms. The molecule has 0 aliphatic rings. The lowest BCUT2D eigenvalue weighted by atomic mass is 10.3. The molecule has 5 nitrogen and oxygen atoms in total. The molecule has 2 rings (SSSR count). The van der Waals surface area contributed by atoms with Crippen molar-refractivity contribution in [2.24, 2.45) is 0 Å². The lowest BCUT2D eigenvalue weighted by Gasteiger charge is -2.18. The predicted molar refractivity (Wildman–Crippen MR) is 98.2 cm³/mol. The maximum atomic E-state index is 11.9. The number of carbonyl (C=O) groups excluding carboxylic acids is 2. The summed E-state index contributed by atoms with van der Waals surface area (Å²) in [6.45, 7) is 0.147. The normalized spacial score (nSPS) is 10.1. The minimum atomic E-state index is -0.286. The van der Waals surface area contributed by atoms with E-state index in [4.69, 9.17) is 11.6 Å². The van der Waals surface area contributed by atoms with Gasteiger partial charge in [0.25, 0.3) is 5.91 Å². The van der Waals surface area contributed by atoms with E-state index in [1.165, 1.54) is 11.8 Å². The van der Waals surface area contributed by atoms with E-state index in [0.29, 0.717) is 5.02 Å². The number of anilines is 1. The Morgan fingerprint density at radius 2 is 1.62 bits per heavy atom. The number of amides is 2. The number of para-hydroxylation sites is 1. The molecule has 0 aliphatic carbocycles. The van der Waals surface area contributed by atoms with Crippen LogP contribution in [0.15, 0.2) is 59.5 Å². The molecule has 0 fully saturated rings. The predicted octanol–water partition coefficient (Wildman–Crippen LogP) is 2.72. The Balaban J connectivity index is 1.69. The summed E-state index contributed by atoms with van der Waals surface area (Å²) >= 11 is 7.17. The van der Waals surface area contributed by atoms with E-state index in [1.807, 2.05) is 49.5 Å². The highest BCUT2D eigenvalue weighted by molar-refractivity contribution is 8.00. The van der Waals surface area contributed by atoms with Gasteiger partial charge in [0.1, 0.15) is 0 Å². The number of hydrogen-bond donors (Lipinski definition) is 2. The second kappa shape index (κ2) is 9.20. The molecule has 0 aromatic heterocycles. The van der Waals surface area contributed by atoms with Gasteiger partial charge in [0.15, 0.2) is 0 Å². The monoisotopic (exact) mass is 363 g/mol. The van der Waals surface area contributed by atoms with Crippen LogP contribution in [0.5, 0.6) is 0 Å². The van der Waals surface area contributed by atoms with Gasteiger partial charge in [0, 0.05) is 22.7 Å². The molecule has 0 saturated heterocycles. The average molecular weight is 364 g/mol. The summed E-state index contributed by atoms with van der Waals surface area (Å²) in [5.74, 6) is -0.354. The summed E-state index contributed by atoms with van der Waals surface area (Å²) in [5.41, 5.74) is 5.75. The zero-order chi connectivity index (χ0) is 17.4.